The van der Waals surface area contributed by atoms with Crippen molar-refractivity contribution >= 4 is 34.8 Å². The second-order valence-corrected chi connectivity index (χ2v) is 5.46. The number of rotatable bonds is 3. The van der Waals surface area contributed by atoms with E-state index < -0.39 is 5.91 Å². The van der Waals surface area contributed by atoms with Gasteiger partial charge in [0.15, 0.2) is 5.11 Å². The van der Waals surface area contributed by atoms with Gasteiger partial charge < -0.3 is 10.6 Å². The molecule has 5 nitrogen and oxygen atoms in total. The second-order valence-electron chi connectivity index (χ2n) is 5.07. The van der Waals surface area contributed by atoms with E-state index in [1.807, 2.05) is 13.0 Å². The van der Waals surface area contributed by atoms with Gasteiger partial charge in [-0.15, -0.1) is 0 Å². The Morgan fingerprint density at radius 2 is 1.83 bits per heavy atom. The summed E-state index contributed by atoms with van der Waals surface area (Å²) >= 11 is 5.26. The van der Waals surface area contributed by atoms with Crippen LogP contribution in [0, 0.1) is 6.92 Å². The number of nitrogens with zero attached hydrogens (tertiary/aromatic N) is 1. The van der Waals surface area contributed by atoms with Crippen LogP contribution in [0.3, 0.4) is 0 Å². The van der Waals surface area contributed by atoms with E-state index in [1.165, 1.54) is 0 Å². The van der Waals surface area contributed by atoms with Crippen molar-refractivity contribution in [2.75, 3.05) is 11.9 Å². The summed E-state index contributed by atoms with van der Waals surface area (Å²) in [5.41, 5.74) is 7.74. The topological polar surface area (TPSA) is 75.4 Å². The zero-order chi connectivity index (χ0) is 17.0. The molecule has 0 heterocycles. The standard InChI is InChI=1S/C17H17N3O2S/c1-11-6-5-7-12(10-11)16(22)19-17(23)20(2)14-9-4-3-8-13(14)15(18)21/h3-10H,1-2H3,(H2,18,21)(H,19,22,23). The van der Waals surface area contributed by atoms with Gasteiger partial charge >= 0.3 is 0 Å². The van der Waals surface area contributed by atoms with E-state index >= 15 is 0 Å². The number of thiocarbonyl (C=S) groups is 1. The molecule has 118 valence electrons. The minimum atomic E-state index is -0.555. The van der Waals surface area contributed by atoms with Gasteiger partial charge in [0.2, 0.25) is 0 Å². The molecular weight excluding hydrogens is 310 g/mol. The number of primary amides is 1. The summed E-state index contributed by atoms with van der Waals surface area (Å²) in [5, 5.41) is 2.84. The Morgan fingerprint density at radius 3 is 2.48 bits per heavy atom. The Hall–Kier alpha value is -2.73. The van der Waals surface area contributed by atoms with E-state index in [9.17, 15) is 9.59 Å². The van der Waals surface area contributed by atoms with Crippen molar-refractivity contribution in [3.63, 3.8) is 0 Å². The number of nitrogens with two attached hydrogens (primary N) is 1. The first kappa shape index (κ1) is 16.6. The maximum absolute atomic E-state index is 12.2. The molecular formula is C17H17N3O2S. The van der Waals surface area contributed by atoms with Crippen LogP contribution < -0.4 is 16.0 Å². The molecule has 0 aliphatic carbocycles. The molecule has 0 aliphatic heterocycles. The predicted molar refractivity (Wildman–Crippen MR) is 94.6 cm³/mol. The lowest BCUT2D eigenvalue weighted by atomic mass is 10.1. The number of nitrogens with one attached hydrogen (secondary N) is 1. The van der Waals surface area contributed by atoms with Crippen LogP contribution >= 0.6 is 12.2 Å². The van der Waals surface area contributed by atoms with Crippen molar-refractivity contribution in [3.8, 4) is 0 Å². The normalized spacial score (nSPS) is 10.0. The van der Waals surface area contributed by atoms with Crippen molar-refractivity contribution in [2.45, 2.75) is 6.92 Å². The Balaban J connectivity index is 2.18. The third-order valence-electron chi connectivity index (χ3n) is 3.34. The zero-order valence-electron chi connectivity index (χ0n) is 12.9. The molecule has 0 unspecified atom stereocenters. The summed E-state index contributed by atoms with van der Waals surface area (Å²) in [5.74, 6) is -0.859. The second kappa shape index (κ2) is 7.02. The molecule has 2 aromatic carbocycles. The quantitative estimate of drug-likeness (QED) is 0.848. The van der Waals surface area contributed by atoms with Crippen LogP contribution in [0.5, 0.6) is 0 Å². The number of aryl methyl sites for hydroxylation is 1. The van der Waals surface area contributed by atoms with Crippen LogP contribution in [0.2, 0.25) is 0 Å². The van der Waals surface area contributed by atoms with E-state index in [-0.39, 0.29) is 11.0 Å². The van der Waals surface area contributed by atoms with E-state index in [4.69, 9.17) is 18.0 Å². The Kier molecular flexibility index (Phi) is 5.08. The van der Waals surface area contributed by atoms with Crippen LogP contribution in [0.1, 0.15) is 26.3 Å². The van der Waals surface area contributed by atoms with Gasteiger partial charge in [-0.05, 0) is 43.4 Å². The van der Waals surface area contributed by atoms with E-state index in [0.717, 1.165) is 5.56 Å². The molecule has 2 aromatic rings. The third kappa shape index (κ3) is 3.92. The van der Waals surface area contributed by atoms with Gasteiger partial charge in [0.25, 0.3) is 11.8 Å². The lowest BCUT2D eigenvalue weighted by Gasteiger charge is -2.22. The number of benzene rings is 2. The smallest absolute Gasteiger partial charge is 0.257 e. The summed E-state index contributed by atoms with van der Waals surface area (Å²) < 4.78 is 0. The molecule has 0 bridgehead atoms. The van der Waals surface area contributed by atoms with Crippen molar-refractivity contribution in [1.82, 2.24) is 5.32 Å². The minimum absolute atomic E-state index is 0.185. The SMILES string of the molecule is Cc1cccc(C(=O)NC(=S)N(C)c2ccccc2C(N)=O)c1. The molecule has 0 radical (unpaired) electrons. The molecule has 0 aliphatic rings. The van der Waals surface area contributed by atoms with Gasteiger partial charge in [0, 0.05) is 12.6 Å². The van der Waals surface area contributed by atoms with Crippen molar-refractivity contribution in [3.05, 3.63) is 65.2 Å². The maximum atomic E-state index is 12.2. The van der Waals surface area contributed by atoms with Gasteiger partial charge in [-0.1, -0.05) is 29.8 Å². The molecule has 0 spiro atoms. The molecule has 2 rings (SSSR count). The summed E-state index contributed by atoms with van der Waals surface area (Å²) in [6.07, 6.45) is 0. The van der Waals surface area contributed by atoms with Gasteiger partial charge in [0.05, 0.1) is 11.3 Å². The first-order valence-corrected chi connectivity index (χ1v) is 7.35. The fourth-order valence-electron chi connectivity index (χ4n) is 2.12. The van der Waals surface area contributed by atoms with Crippen LogP contribution in [-0.2, 0) is 0 Å². The largest absolute Gasteiger partial charge is 0.366 e. The Labute approximate surface area is 140 Å². The molecule has 23 heavy (non-hydrogen) atoms. The predicted octanol–water partition coefficient (Wildman–Crippen LogP) is 2.25. The van der Waals surface area contributed by atoms with Crippen LogP contribution in [0.25, 0.3) is 0 Å². The number of carbonyl (C=O) groups is 2. The maximum Gasteiger partial charge on any atom is 0.257 e. The van der Waals surface area contributed by atoms with Crippen molar-refractivity contribution in [2.24, 2.45) is 5.73 Å². The molecule has 0 aromatic heterocycles. The summed E-state index contributed by atoms with van der Waals surface area (Å²) in [6, 6.07) is 14.0. The summed E-state index contributed by atoms with van der Waals surface area (Å²) in [4.78, 5) is 25.3. The van der Waals surface area contributed by atoms with Crippen molar-refractivity contribution in [1.29, 1.82) is 0 Å². The van der Waals surface area contributed by atoms with E-state index in [1.54, 1.807) is 54.4 Å². The Bertz CT molecular complexity index is 774. The first-order chi connectivity index (χ1) is 10.9. The molecule has 2 amide bonds. The average Bonchev–Trinajstić information content (AvgIpc) is 2.54. The van der Waals surface area contributed by atoms with Crippen LogP contribution in [-0.4, -0.2) is 24.0 Å². The zero-order valence-corrected chi connectivity index (χ0v) is 13.7. The highest BCUT2D eigenvalue weighted by Gasteiger charge is 2.16. The van der Waals surface area contributed by atoms with Gasteiger partial charge in [-0.2, -0.15) is 0 Å². The van der Waals surface area contributed by atoms with Gasteiger partial charge in [0.1, 0.15) is 0 Å². The minimum Gasteiger partial charge on any atom is -0.366 e. The molecule has 6 heteroatoms. The van der Waals surface area contributed by atoms with Crippen molar-refractivity contribution < 1.29 is 9.59 Å². The number of carbonyl (C=O) groups excluding carboxylic acids is 2. The molecule has 0 fully saturated rings. The highest BCUT2D eigenvalue weighted by Crippen LogP contribution is 2.18. The average molecular weight is 327 g/mol. The number of anilines is 1. The summed E-state index contributed by atoms with van der Waals surface area (Å²) in [6.45, 7) is 1.91. The lowest BCUT2D eigenvalue weighted by Crippen LogP contribution is -2.41. The highest BCUT2D eigenvalue weighted by molar-refractivity contribution is 7.80. The molecule has 0 saturated heterocycles. The van der Waals surface area contributed by atoms with Gasteiger partial charge in [-0.25, -0.2) is 0 Å². The van der Waals surface area contributed by atoms with Crippen LogP contribution in [0.15, 0.2) is 48.5 Å². The highest BCUT2D eigenvalue weighted by atomic mass is 32.1. The fourth-order valence-corrected chi connectivity index (χ4v) is 2.31. The third-order valence-corrected chi connectivity index (χ3v) is 3.71. The first-order valence-electron chi connectivity index (χ1n) is 6.94. The number of amides is 2. The van der Waals surface area contributed by atoms with E-state index in [0.29, 0.717) is 16.8 Å². The van der Waals surface area contributed by atoms with E-state index in [2.05, 4.69) is 5.32 Å². The monoisotopic (exact) mass is 327 g/mol. The van der Waals surface area contributed by atoms with Crippen LogP contribution in [0.4, 0.5) is 5.69 Å². The molecule has 0 saturated carbocycles. The lowest BCUT2D eigenvalue weighted by molar-refractivity contribution is 0.0975. The fraction of sp³-hybridized carbons (Fsp3) is 0.118. The van der Waals surface area contributed by atoms with Gasteiger partial charge in [-0.3, -0.25) is 14.9 Å². The number of hydrogen-bond acceptors (Lipinski definition) is 3. The molecule has 3 N–H and O–H groups in total. The summed E-state index contributed by atoms with van der Waals surface area (Å²) in [7, 11) is 1.67. The number of hydrogen-bond donors (Lipinski definition) is 2. The number of para-hydroxylation sites is 1. The Morgan fingerprint density at radius 1 is 1.13 bits per heavy atom. The molecule has 0 atom stereocenters.